The van der Waals surface area contributed by atoms with Crippen molar-refractivity contribution in [1.82, 2.24) is 15.8 Å². The molecule has 1 amide bonds. The summed E-state index contributed by atoms with van der Waals surface area (Å²) in [5.41, 5.74) is 3.80. The van der Waals surface area contributed by atoms with Gasteiger partial charge in [-0.15, -0.1) is 11.3 Å². The number of nitrogens with zero attached hydrogens (tertiary/aromatic N) is 1. The first kappa shape index (κ1) is 14.6. The van der Waals surface area contributed by atoms with Gasteiger partial charge in [-0.05, 0) is 35.2 Å². The zero-order valence-corrected chi connectivity index (χ0v) is 12.6. The van der Waals surface area contributed by atoms with Gasteiger partial charge in [-0.3, -0.25) is 15.0 Å². The van der Waals surface area contributed by atoms with Gasteiger partial charge in [0.15, 0.2) is 0 Å². The lowest BCUT2D eigenvalue weighted by atomic mass is 10.1. The number of fused-ring (bicyclic) bond motifs is 1. The quantitative estimate of drug-likeness (QED) is 0.500. The summed E-state index contributed by atoms with van der Waals surface area (Å²) in [5.74, 6) is -0.476. The second-order valence-corrected chi connectivity index (χ2v) is 5.93. The lowest BCUT2D eigenvalue weighted by Crippen LogP contribution is -2.16. The number of aromatic nitrogens is 1. The fourth-order valence-electron chi connectivity index (χ4n) is 2.19. The molecule has 0 aliphatic carbocycles. The molecule has 0 bridgehead atoms. The van der Waals surface area contributed by atoms with E-state index in [4.69, 9.17) is 5.21 Å². The van der Waals surface area contributed by atoms with Gasteiger partial charge in [0.25, 0.3) is 5.91 Å². The molecule has 0 aliphatic rings. The molecule has 1 aromatic carbocycles. The van der Waals surface area contributed by atoms with E-state index >= 15 is 0 Å². The summed E-state index contributed by atoms with van der Waals surface area (Å²) in [6, 6.07) is 13.7. The van der Waals surface area contributed by atoms with E-state index in [0.29, 0.717) is 11.4 Å². The van der Waals surface area contributed by atoms with Crippen LogP contribution in [0.4, 0.5) is 0 Å². The number of hydrogen-bond donors (Lipinski definition) is 3. The molecule has 0 radical (unpaired) electrons. The number of carbonyl (C=O) groups is 1. The molecule has 2 heterocycles. The number of amides is 1. The van der Waals surface area contributed by atoms with Crippen molar-refractivity contribution < 1.29 is 10.0 Å². The highest BCUT2D eigenvalue weighted by Gasteiger charge is 2.09. The number of rotatable bonds is 5. The van der Waals surface area contributed by atoms with Gasteiger partial charge >= 0.3 is 0 Å². The molecular weight excluding hydrogens is 298 g/mol. The Labute approximate surface area is 131 Å². The Morgan fingerprint density at radius 1 is 1.18 bits per heavy atom. The lowest BCUT2D eigenvalue weighted by Gasteiger charge is -2.04. The van der Waals surface area contributed by atoms with E-state index in [9.17, 15) is 4.79 Å². The summed E-state index contributed by atoms with van der Waals surface area (Å²) < 4.78 is 1.02. The monoisotopic (exact) mass is 313 g/mol. The minimum Gasteiger partial charge on any atom is -0.307 e. The van der Waals surface area contributed by atoms with Crippen molar-refractivity contribution in [3.8, 4) is 0 Å². The maximum atomic E-state index is 11.4. The average molecular weight is 313 g/mol. The first-order valence-corrected chi connectivity index (χ1v) is 7.65. The van der Waals surface area contributed by atoms with E-state index in [1.165, 1.54) is 11.3 Å². The van der Waals surface area contributed by atoms with E-state index in [1.54, 1.807) is 17.7 Å². The van der Waals surface area contributed by atoms with Gasteiger partial charge in [0, 0.05) is 24.0 Å². The zero-order valence-electron chi connectivity index (χ0n) is 11.7. The van der Waals surface area contributed by atoms with Gasteiger partial charge in [0.05, 0.1) is 10.6 Å². The second-order valence-electron chi connectivity index (χ2n) is 4.85. The fraction of sp³-hybridized carbons (Fsp3) is 0.125. The number of nitrogens with one attached hydrogen (secondary N) is 2. The maximum Gasteiger partial charge on any atom is 0.284 e. The summed E-state index contributed by atoms with van der Waals surface area (Å²) in [4.78, 5) is 16.2. The van der Waals surface area contributed by atoms with Gasteiger partial charge in [-0.2, -0.15) is 0 Å². The van der Waals surface area contributed by atoms with E-state index < -0.39 is 5.91 Å². The third-order valence-corrected chi connectivity index (χ3v) is 4.37. The Bertz CT molecular complexity index is 786. The number of carbonyl (C=O) groups excluding carboxylic acids is 1. The summed E-state index contributed by atoms with van der Waals surface area (Å²) in [7, 11) is 0. The van der Waals surface area contributed by atoms with Crippen molar-refractivity contribution in [3.05, 3.63) is 64.8 Å². The average Bonchev–Trinajstić information content (AvgIpc) is 2.98. The van der Waals surface area contributed by atoms with Gasteiger partial charge in [-0.25, -0.2) is 5.48 Å². The van der Waals surface area contributed by atoms with Crippen LogP contribution in [0.15, 0.2) is 48.7 Å². The first-order chi connectivity index (χ1) is 10.8. The molecule has 0 unspecified atom stereocenters. The third-order valence-electron chi connectivity index (χ3n) is 3.27. The van der Waals surface area contributed by atoms with Gasteiger partial charge < -0.3 is 5.32 Å². The van der Waals surface area contributed by atoms with Gasteiger partial charge in [-0.1, -0.05) is 18.2 Å². The van der Waals surface area contributed by atoms with Crippen LogP contribution in [0.3, 0.4) is 0 Å². The molecule has 6 heteroatoms. The highest BCUT2D eigenvalue weighted by Crippen LogP contribution is 2.26. The summed E-state index contributed by atoms with van der Waals surface area (Å²) in [6.07, 6.45) is 1.78. The molecule has 112 valence electrons. The van der Waals surface area contributed by atoms with Crippen LogP contribution >= 0.6 is 11.3 Å². The molecule has 0 spiro atoms. The predicted molar refractivity (Wildman–Crippen MR) is 85.9 cm³/mol. The van der Waals surface area contributed by atoms with Crippen molar-refractivity contribution >= 4 is 27.3 Å². The van der Waals surface area contributed by atoms with E-state index in [1.807, 2.05) is 30.3 Å². The molecule has 0 saturated carbocycles. The Hall–Kier alpha value is -2.28. The molecule has 2 aromatic heterocycles. The highest BCUT2D eigenvalue weighted by atomic mass is 32.1. The first-order valence-electron chi connectivity index (χ1n) is 6.84. The molecule has 3 aromatic rings. The minimum atomic E-state index is -0.476. The van der Waals surface area contributed by atoms with Gasteiger partial charge in [0.1, 0.15) is 0 Å². The Kier molecular flexibility index (Phi) is 4.43. The van der Waals surface area contributed by atoms with Crippen molar-refractivity contribution in [3.63, 3.8) is 0 Å². The zero-order chi connectivity index (χ0) is 15.4. The molecule has 22 heavy (non-hydrogen) atoms. The van der Waals surface area contributed by atoms with Crippen LogP contribution in [-0.4, -0.2) is 16.1 Å². The molecule has 3 N–H and O–H groups in total. The van der Waals surface area contributed by atoms with Crippen LogP contribution in [0.25, 0.3) is 10.1 Å². The molecule has 0 fully saturated rings. The van der Waals surface area contributed by atoms with Crippen molar-refractivity contribution in [2.75, 3.05) is 0 Å². The molecule has 5 nitrogen and oxygen atoms in total. The van der Waals surface area contributed by atoms with E-state index in [2.05, 4.69) is 16.4 Å². The lowest BCUT2D eigenvalue weighted by molar-refractivity contribution is 0.0711. The van der Waals surface area contributed by atoms with Crippen LogP contribution in [0.5, 0.6) is 0 Å². The number of hydroxylamine groups is 1. The Balaban J connectivity index is 1.68. The molecule has 0 aliphatic heterocycles. The van der Waals surface area contributed by atoms with Crippen molar-refractivity contribution in [2.45, 2.75) is 13.1 Å². The van der Waals surface area contributed by atoms with Crippen LogP contribution < -0.4 is 10.8 Å². The smallest absolute Gasteiger partial charge is 0.284 e. The molecule has 3 rings (SSSR count). The van der Waals surface area contributed by atoms with Crippen LogP contribution in [0.1, 0.15) is 20.9 Å². The topological polar surface area (TPSA) is 74.2 Å². The SMILES string of the molecule is O=C(NO)c1cc2ccc(CNCc3ccccn3)cc2s1. The predicted octanol–water partition coefficient (Wildman–Crippen LogP) is 2.71. The number of hydrogen-bond acceptors (Lipinski definition) is 5. The Morgan fingerprint density at radius 3 is 2.86 bits per heavy atom. The molecular formula is C16H15N3O2S. The van der Waals surface area contributed by atoms with Crippen LogP contribution in [0.2, 0.25) is 0 Å². The summed E-state index contributed by atoms with van der Waals surface area (Å²) in [6.45, 7) is 1.44. The van der Waals surface area contributed by atoms with Crippen molar-refractivity contribution in [2.24, 2.45) is 0 Å². The van der Waals surface area contributed by atoms with Crippen molar-refractivity contribution in [1.29, 1.82) is 0 Å². The second kappa shape index (κ2) is 6.65. The minimum absolute atomic E-state index is 0.476. The number of pyridine rings is 1. The van der Waals surface area contributed by atoms with E-state index in [-0.39, 0.29) is 0 Å². The van der Waals surface area contributed by atoms with Gasteiger partial charge in [0.2, 0.25) is 0 Å². The standard InChI is InChI=1S/C16H15N3O2S/c20-16(19-21)15-8-12-5-4-11(7-14(12)22-15)9-17-10-13-3-1-2-6-18-13/h1-8,17,21H,9-10H2,(H,19,20). The summed E-state index contributed by atoms with van der Waals surface area (Å²) >= 11 is 1.36. The van der Waals surface area contributed by atoms with Crippen LogP contribution in [0, 0.1) is 0 Å². The molecule has 0 saturated heterocycles. The maximum absolute atomic E-state index is 11.4. The molecule has 0 atom stereocenters. The fourth-order valence-corrected chi connectivity index (χ4v) is 3.21. The van der Waals surface area contributed by atoms with E-state index in [0.717, 1.165) is 27.9 Å². The summed E-state index contributed by atoms with van der Waals surface area (Å²) in [5, 5.41) is 13.0. The van der Waals surface area contributed by atoms with Crippen LogP contribution in [-0.2, 0) is 13.1 Å². The Morgan fingerprint density at radius 2 is 2.09 bits per heavy atom. The number of thiophene rings is 1. The highest BCUT2D eigenvalue weighted by molar-refractivity contribution is 7.20. The normalized spacial score (nSPS) is 10.8. The third kappa shape index (κ3) is 3.30. The largest absolute Gasteiger partial charge is 0.307 e. The number of benzene rings is 1.